The van der Waals surface area contributed by atoms with E-state index in [4.69, 9.17) is 4.74 Å². The van der Waals surface area contributed by atoms with Crippen LogP contribution in [0.1, 0.15) is 35.7 Å². The van der Waals surface area contributed by atoms with Gasteiger partial charge in [-0.25, -0.2) is 4.98 Å². The lowest BCUT2D eigenvalue weighted by molar-refractivity contribution is -0.384. The molecule has 0 saturated heterocycles. The summed E-state index contributed by atoms with van der Waals surface area (Å²) in [7, 11) is 0. The van der Waals surface area contributed by atoms with Crippen LogP contribution in [0.2, 0.25) is 0 Å². The minimum absolute atomic E-state index is 0.0186. The van der Waals surface area contributed by atoms with Crippen molar-refractivity contribution in [1.82, 2.24) is 4.98 Å². The summed E-state index contributed by atoms with van der Waals surface area (Å²) in [4.78, 5) is 51.3. The number of nitrogens with one attached hydrogen (secondary N) is 1. The molecule has 1 unspecified atom stereocenters. The van der Waals surface area contributed by atoms with Gasteiger partial charge in [0, 0.05) is 35.1 Å². The lowest BCUT2D eigenvalue weighted by atomic mass is 10.1. The largest absolute Gasteiger partial charge is 0.453 e. The number of ether oxygens (including phenoxy) is 1. The Balaban J connectivity index is 1.51. The molecule has 0 fully saturated rings. The molecule has 33 heavy (non-hydrogen) atoms. The average Bonchev–Trinajstić information content (AvgIpc) is 3.26. The molecule has 9 nitrogen and oxygen atoms in total. The number of carbonyl (C=O) groups is 3. The van der Waals surface area contributed by atoms with Gasteiger partial charge >= 0.3 is 5.97 Å². The molecule has 0 aliphatic rings. The minimum Gasteiger partial charge on any atom is -0.453 e. The van der Waals surface area contributed by atoms with Crippen molar-refractivity contribution < 1.29 is 24.0 Å². The zero-order valence-electron chi connectivity index (χ0n) is 17.9. The van der Waals surface area contributed by atoms with Gasteiger partial charge in [-0.15, -0.1) is 11.3 Å². The number of rotatable bonds is 9. The number of hydrogen-bond donors (Lipinski definition) is 1. The number of aromatic nitrogens is 1. The quantitative estimate of drug-likeness (QED) is 0.211. The van der Waals surface area contributed by atoms with Crippen LogP contribution in [0, 0.1) is 17.0 Å². The van der Waals surface area contributed by atoms with Crippen molar-refractivity contribution in [1.29, 1.82) is 0 Å². The van der Waals surface area contributed by atoms with Gasteiger partial charge in [0.25, 0.3) is 11.6 Å². The Bertz CT molecular complexity index is 1190. The maximum Gasteiger partial charge on any atom is 0.307 e. The number of non-ortho nitro benzene ring substituents is 1. The van der Waals surface area contributed by atoms with Crippen LogP contribution >= 0.6 is 11.3 Å². The van der Waals surface area contributed by atoms with E-state index in [-0.39, 0.29) is 29.4 Å². The summed E-state index contributed by atoms with van der Waals surface area (Å²) >= 11 is 1.14. The fourth-order valence-electron chi connectivity index (χ4n) is 2.86. The number of carbonyl (C=O) groups excluding carboxylic acids is 3. The van der Waals surface area contributed by atoms with Crippen molar-refractivity contribution in [2.24, 2.45) is 0 Å². The van der Waals surface area contributed by atoms with E-state index >= 15 is 0 Å². The molecule has 0 spiro atoms. The van der Waals surface area contributed by atoms with Crippen LogP contribution in [0.5, 0.6) is 0 Å². The van der Waals surface area contributed by atoms with E-state index < -0.39 is 22.9 Å². The highest BCUT2D eigenvalue weighted by atomic mass is 32.1. The summed E-state index contributed by atoms with van der Waals surface area (Å²) in [5.41, 5.74) is 2.50. The molecule has 3 rings (SSSR count). The molecule has 1 heterocycles. The molecule has 3 aromatic rings. The fourth-order valence-corrected chi connectivity index (χ4v) is 3.58. The van der Waals surface area contributed by atoms with Gasteiger partial charge in [0.05, 0.1) is 17.0 Å². The van der Waals surface area contributed by atoms with Gasteiger partial charge in [-0.3, -0.25) is 29.8 Å². The zero-order chi connectivity index (χ0) is 24.0. The topological polar surface area (TPSA) is 128 Å². The zero-order valence-corrected chi connectivity index (χ0v) is 18.8. The minimum atomic E-state index is -1.09. The molecular formula is C23H21N3O6S. The molecule has 1 aromatic heterocycles. The van der Waals surface area contributed by atoms with Crippen LogP contribution in [0.3, 0.4) is 0 Å². The Morgan fingerprint density at radius 1 is 1.15 bits per heavy atom. The van der Waals surface area contributed by atoms with Gasteiger partial charge in [0.1, 0.15) is 0 Å². The van der Waals surface area contributed by atoms with E-state index in [0.717, 1.165) is 16.9 Å². The third kappa shape index (κ3) is 6.53. The lowest BCUT2D eigenvalue weighted by Gasteiger charge is -2.12. The first-order chi connectivity index (χ1) is 15.7. The van der Waals surface area contributed by atoms with Crippen LogP contribution < -0.4 is 5.32 Å². The number of nitro groups is 1. The smallest absolute Gasteiger partial charge is 0.307 e. The molecule has 2 aromatic carbocycles. The second-order valence-corrected chi connectivity index (χ2v) is 8.11. The Hall–Kier alpha value is -3.92. The standard InChI is InChI=1S/C23H21N3O6S/c1-14-6-8-16(9-7-14)20(27)10-11-21(28)32-15(2)22(29)25-23-24-19(13-33-23)17-4-3-5-18(12-17)26(30)31/h3-9,12-13,15H,10-11H2,1-2H3,(H,24,25,29). The Labute approximate surface area is 193 Å². The number of ketones is 1. The Morgan fingerprint density at radius 2 is 1.88 bits per heavy atom. The van der Waals surface area contributed by atoms with Crippen LogP contribution in [0.25, 0.3) is 11.3 Å². The first kappa shape index (κ1) is 23.7. The number of anilines is 1. The van der Waals surface area contributed by atoms with Crippen LogP contribution in [-0.4, -0.2) is 33.7 Å². The van der Waals surface area contributed by atoms with Gasteiger partial charge in [-0.1, -0.05) is 42.0 Å². The highest BCUT2D eigenvalue weighted by Crippen LogP contribution is 2.27. The Kier molecular flexibility index (Phi) is 7.62. The van der Waals surface area contributed by atoms with Gasteiger partial charge in [0.2, 0.25) is 0 Å². The molecule has 1 amide bonds. The first-order valence-electron chi connectivity index (χ1n) is 10.0. The van der Waals surface area contributed by atoms with Crippen molar-refractivity contribution in [3.05, 3.63) is 75.2 Å². The molecule has 0 saturated carbocycles. The first-order valence-corrected chi connectivity index (χ1v) is 10.9. The number of Topliss-reactive ketones (excluding diaryl/α,β-unsaturated/α-hetero) is 1. The van der Waals surface area contributed by atoms with Gasteiger partial charge in [-0.05, 0) is 13.8 Å². The van der Waals surface area contributed by atoms with E-state index in [1.54, 1.807) is 29.6 Å². The van der Waals surface area contributed by atoms with Crippen molar-refractivity contribution in [2.45, 2.75) is 32.8 Å². The molecule has 10 heteroatoms. The van der Waals surface area contributed by atoms with E-state index in [0.29, 0.717) is 16.8 Å². The maximum atomic E-state index is 12.4. The number of nitro benzene ring substituents is 1. The van der Waals surface area contributed by atoms with Crippen LogP contribution in [-0.2, 0) is 14.3 Å². The lowest BCUT2D eigenvalue weighted by Crippen LogP contribution is -2.30. The highest BCUT2D eigenvalue weighted by Gasteiger charge is 2.20. The van der Waals surface area contributed by atoms with Crippen molar-refractivity contribution in [3.8, 4) is 11.3 Å². The average molecular weight is 468 g/mol. The number of thiazole rings is 1. The molecule has 1 N–H and O–H groups in total. The molecule has 0 bridgehead atoms. The predicted molar refractivity (Wildman–Crippen MR) is 123 cm³/mol. The predicted octanol–water partition coefficient (Wildman–Crippen LogP) is 4.56. The molecule has 0 aliphatic carbocycles. The maximum absolute atomic E-state index is 12.4. The van der Waals surface area contributed by atoms with Crippen molar-refractivity contribution >= 4 is 39.8 Å². The number of aryl methyl sites for hydroxylation is 1. The number of esters is 1. The SMILES string of the molecule is Cc1ccc(C(=O)CCC(=O)OC(C)C(=O)Nc2nc(-c3cccc([N+](=O)[O-])c3)cs2)cc1. The second kappa shape index (κ2) is 10.6. The van der Waals surface area contributed by atoms with E-state index in [1.165, 1.54) is 19.1 Å². The molecule has 170 valence electrons. The summed E-state index contributed by atoms with van der Waals surface area (Å²) in [6.07, 6.45) is -1.24. The monoisotopic (exact) mass is 467 g/mol. The number of hydrogen-bond acceptors (Lipinski definition) is 8. The van der Waals surface area contributed by atoms with Crippen molar-refractivity contribution in [2.75, 3.05) is 5.32 Å². The number of nitrogens with zero attached hydrogens (tertiary/aromatic N) is 2. The van der Waals surface area contributed by atoms with E-state index in [9.17, 15) is 24.5 Å². The van der Waals surface area contributed by atoms with E-state index in [2.05, 4.69) is 10.3 Å². The number of benzene rings is 2. The summed E-state index contributed by atoms with van der Waals surface area (Å²) in [6.45, 7) is 3.34. The fraction of sp³-hybridized carbons (Fsp3) is 0.217. The van der Waals surface area contributed by atoms with Gasteiger partial charge < -0.3 is 4.74 Å². The van der Waals surface area contributed by atoms with Crippen LogP contribution in [0.4, 0.5) is 10.8 Å². The Morgan fingerprint density at radius 3 is 2.58 bits per heavy atom. The van der Waals surface area contributed by atoms with Gasteiger partial charge in [0.15, 0.2) is 17.0 Å². The highest BCUT2D eigenvalue weighted by molar-refractivity contribution is 7.14. The molecule has 1 atom stereocenters. The normalized spacial score (nSPS) is 11.5. The van der Waals surface area contributed by atoms with Crippen LogP contribution in [0.15, 0.2) is 53.9 Å². The van der Waals surface area contributed by atoms with Gasteiger partial charge in [-0.2, -0.15) is 0 Å². The summed E-state index contributed by atoms with van der Waals surface area (Å²) < 4.78 is 5.12. The molecular weight excluding hydrogens is 446 g/mol. The molecule has 0 aliphatic heterocycles. The molecule has 0 radical (unpaired) electrons. The second-order valence-electron chi connectivity index (χ2n) is 7.26. The third-order valence-electron chi connectivity index (χ3n) is 4.69. The van der Waals surface area contributed by atoms with E-state index in [1.807, 2.05) is 19.1 Å². The number of amides is 1. The summed E-state index contributed by atoms with van der Waals surface area (Å²) in [5, 5.41) is 15.4. The van der Waals surface area contributed by atoms with Crippen molar-refractivity contribution in [3.63, 3.8) is 0 Å². The summed E-state index contributed by atoms with van der Waals surface area (Å²) in [5.74, 6) is -1.41. The third-order valence-corrected chi connectivity index (χ3v) is 5.45. The summed E-state index contributed by atoms with van der Waals surface area (Å²) in [6, 6.07) is 13.0.